The third kappa shape index (κ3) is 2.37. The lowest BCUT2D eigenvalue weighted by atomic mass is 9.52. The molecule has 0 aromatic heterocycles. The Hall–Kier alpha value is -1.40. The highest BCUT2D eigenvalue weighted by Crippen LogP contribution is 2.58. The predicted molar refractivity (Wildman–Crippen MR) is 87.6 cm³/mol. The monoisotopic (exact) mass is 350 g/mol. The van der Waals surface area contributed by atoms with Crippen molar-refractivity contribution >= 4 is 11.9 Å². The maximum Gasteiger partial charge on any atom is 0.334 e. The minimum absolute atomic E-state index is 0.217. The number of hydrogen-bond acceptors (Lipinski definition) is 5. The second-order valence-corrected chi connectivity index (χ2v) is 8.10. The van der Waals surface area contributed by atoms with Gasteiger partial charge in [-0.2, -0.15) is 0 Å². The molecule has 6 atom stereocenters. The predicted octanol–water partition coefficient (Wildman–Crippen LogP) is 1.91. The third-order valence-electron chi connectivity index (χ3n) is 7.08. The van der Waals surface area contributed by atoms with Gasteiger partial charge in [-0.1, -0.05) is 6.92 Å². The molecular weight excluding hydrogens is 324 g/mol. The molecule has 4 aliphatic rings. The minimum Gasteiger partial charge on any atom is -0.481 e. The highest BCUT2D eigenvalue weighted by molar-refractivity contribution is 5.93. The number of esters is 1. The van der Waals surface area contributed by atoms with Crippen molar-refractivity contribution in [1.82, 2.24) is 0 Å². The van der Waals surface area contributed by atoms with Crippen LogP contribution < -0.4 is 0 Å². The first kappa shape index (κ1) is 17.0. The van der Waals surface area contributed by atoms with Gasteiger partial charge >= 0.3 is 11.9 Å². The van der Waals surface area contributed by atoms with Crippen LogP contribution in [0.15, 0.2) is 11.1 Å². The molecule has 25 heavy (non-hydrogen) atoms. The Labute approximate surface area is 147 Å². The van der Waals surface area contributed by atoms with E-state index in [0.29, 0.717) is 30.9 Å². The maximum atomic E-state index is 12.5. The summed E-state index contributed by atoms with van der Waals surface area (Å²) in [4.78, 5) is 24.7. The van der Waals surface area contributed by atoms with Crippen molar-refractivity contribution in [3.05, 3.63) is 11.1 Å². The molecule has 2 aliphatic carbocycles. The Morgan fingerprint density at radius 3 is 2.84 bits per heavy atom. The molecule has 4 rings (SSSR count). The molecule has 0 aromatic carbocycles. The molecule has 6 heteroatoms. The van der Waals surface area contributed by atoms with Gasteiger partial charge in [-0.3, -0.25) is 4.79 Å². The fourth-order valence-corrected chi connectivity index (χ4v) is 5.61. The zero-order valence-electron chi connectivity index (χ0n) is 14.6. The van der Waals surface area contributed by atoms with Crippen LogP contribution >= 0.6 is 0 Å². The number of carboxylic acids is 1. The zero-order chi connectivity index (χ0) is 17.8. The summed E-state index contributed by atoms with van der Waals surface area (Å²) < 4.78 is 10.9. The highest BCUT2D eigenvalue weighted by Gasteiger charge is 2.63. The molecule has 0 unspecified atom stereocenters. The first-order valence-electron chi connectivity index (χ1n) is 9.40. The molecule has 0 bridgehead atoms. The van der Waals surface area contributed by atoms with Crippen LogP contribution in [-0.2, 0) is 19.1 Å². The quantitative estimate of drug-likeness (QED) is 0.753. The molecule has 1 saturated heterocycles. The van der Waals surface area contributed by atoms with E-state index < -0.39 is 29.5 Å². The standard InChI is InChI=1S/C19H26O6/c1-10-15(20)16-14-12(17(21)25-16)3-2-4-13(14)19(10,18(22)23)7-5-11-6-8-24-9-11/h10-11,13,15-16,20H,2-9H2,1H3,(H,22,23)/t10-,11-,13+,15+,16-,19-/m1/s1. The number of aliphatic hydroxyl groups is 1. The van der Waals surface area contributed by atoms with Crippen LogP contribution in [0.5, 0.6) is 0 Å². The first-order valence-corrected chi connectivity index (χ1v) is 9.40. The normalized spacial score (nSPS) is 43.1. The molecule has 2 aliphatic heterocycles. The van der Waals surface area contributed by atoms with Crippen LogP contribution in [0.1, 0.15) is 45.4 Å². The van der Waals surface area contributed by atoms with Crippen LogP contribution in [0.2, 0.25) is 0 Å². The molecular formula is C19H26O6. The average Bonchev–Trinajstić information content (AvgIpc) is 3.22. The number of ether oxygens (including phenoxy) is 2. The second-order valence-electron chi connectivity index (χ2n) is 8.10. The van der Waals surface area contributed by atoms with Crippen LogP contribution in [0, 0.1) is 23.2 Å². The Morgan fingerprint density at radius 1 is 1.36 bits per heavy atom. The van der Waals surface area contributed by atoms with Gasteiger partial charge in [0, 0.05) is 30.6 Å². The van der Waals surface area contributed by atoms with Crippen molar-refractivity contribution in [2.75, 3.05) is 13.2 Å². The van der Waals surface area contributed by atoms with Crippen LogP contribution in [0.25, 0.3) is 0 Å². The van der Waals surface area contributed by atoms with Crippen molar-refractivity contribution < 1.29 is 29.3 Å². The van der Waals surface area contributed by atoms with Crippen LogP contribution in [0.3, 0.4) is 0 Å². The lowest BCUT2D eigenvalue weighted by Gasteiger charge is -2.51. The van der Waals surface area contributed by atoms with E-state index in [0.717, 1.165) is 37.9 Å². The molecule has 2 heterocycles. The van der Waals surface area contributed by atoms with E-state index in [2.05, 4.69) is 0 Å². The Morgan fingerprint density at radius 2 is 2.16 bits per heavy atom. The average molecular weight is 350 g/mol. The molecule has 2 fully saturated rings. The molecule has 138 valence electrons. The number of rotatable bonds is 4. The molecule has 1 saturated carbocycles. The fraction of sp³-hybridized carbons (Fsp3) is 0.789. The van der Waals surface area contributed by atoms with E-state index in [4.69, 9.17) is 9.47 Å². The highest BCUT2D eigenvalue weighted by atomic mass is 16.6. The van der Waals surface area contributed by atoms with Crippen molar-refractivity contribution in [3.8, 4) is 0 Å². The van der Waals surface area contributed by atoms with Crippen molar-refractivity contribution in [3.63, 3.8) is 0 Å². The van der Waals surface area contributed by atoms with E-state index in [1.165, 1.54) is 0 Å². The lowest BCUT2D eigenvalue weighted by Crippen LogP contribution is -2.58. The van der Waals surface area contributed by atoms with Gasteiger partial charge in [-0.15, -0.1) is 0 Å². The molecule has 6 nitrogen and oxygen atoms in total. The molecule has 0 spiro atoms. The number of carbonyl (C=O) groups is 2. The van der Waals surface area contributed by atoms with Gasteiger partial charge in [0.05, 0.1) is 11.5 Å². The smallest absolute Gasteiger partial charge is 0.334 e. The van der Waals surface area contributed by atoms with Gasteiger partial charge in [-0.05, 0) is 50.0 Å². The van der Waals surface area contributed by atoms with E-state index in [1.54, 1.807) is 6.92 Å². The third-order valence-corrected chi connectivity index (χ3v) is 7.08. The molecule has 0 aromatic rings. The Bertz CT molecular complexity index is 619. The SMILES string of the molecule is C[C@@H]1[C@H](O)[C@@H]2OC(=O)C3=C2[C@H](CCC3)[C@]1(CC[C@@H]1CCOC1)C(=O)O. The van der Waals surface area contributed by atoms with Crippen molar-refractivity contribution in [2.45, 2.75) is 57.7 Å². The summed E-state index contributed by atoms with van der Waals surface area (Å²) in [5, 5.41) is 21.1. The number of carbonyl (C=O) groups excluding carboxylic acids is 1. The van der Waals surface area contributed by atoms with Gasteiger partial charge in [-0.25, -0.2) is 4.79 Å². The van der Waals surface area contributed by atoms with E-state index >= 15 is 0 Å². The Balaban J connectivity index is 1.73. The zero-order valence-corrected chi connectivity index (χ0v) is 14.6. The van der Waals surface area contributed by atoms with E-state index in [-0.39, 0.29) is 11.9 Å². The van der Waals surface area contributed by atoms with Gasteiger partial charge < -0.3 is 19.7 Å². The summed E-state index contributed by atoms with van der Waals surface area (Å²) in [7, 11) is 0. The second kappa shape index (κ2) is 6.09. The summed E-state index contributed by atoms with van der Waals surface area (Å²) in [5.74, 6) is -1.50. The van der Waals surface area contributed by atoms with Gasteiger partial charge in [0.25, 0.3) is 0 Å². The number of aliphatic carboxylic acids is 1. The number of carboxylic acid groups (broad SMARTS) is 1. The van der Waals surface area contributed by atoms with Crippen molar-refractivity contribution in [1.29, 1.82) is 0 Å². The topological polar surface area (TPSA) is 93.1 Å². The van der Waals surface area contributed by atoms with E-state index in [1.807, 2.05) is 0 Å². The minimum atomic E-state index is -1.03. The van der Waals surface area contributed by atoms with Crippen molar-refractivity contribution in [2.24, 2.45) is 23.2 Å². The molecule has 2 N–H and O–H groups in total. The van der Waals surface area contributed by atoms with Gasteiger partial charge in [0.1, 0.15) is 0 Å². The lowest BCUT2D eigenvalue weighted by molar-refractivity contribution is -0.174. The maximum absolute atomic E-state index is 12.5. The summed E-state index contributed by atoms with van der Waals surface area (Å²) in [6.07, 6.45) is 2.83. The summed E-state index contributed by atoms with van der Waals surface area (Å²) in [6.45, 7) is 3.24. The number of aliphatic hydroxyl groups excluding tert-OH is 1. The molecule has 0 radical (unpaired) electrons. The summed E-state index contributed by atoms with van der Waals surface area (Å²) >= 11 is 0. The largest absolute Gasteiger partial charge is 0.481 e. The van der Waals surface area contributed by atoms with Gasteiger partial charge in [0.15, 0.2) is 6.10 Å². The van der Waals surface area contributed by atoms with Crippen LogP contribution in [-0.4, -0.2) is 47.6 Å². The van der Waals surface area contributed by atoms with E-state index in [9.17, 15) is 19.8 Å². The summed E-state index contributed by atoms with van der Waals surface area (Å²) in [6, 6.07) is 0. The fourth-order valence-electron chi connectivity index (χ4n) is 5.61. The molecule has 0 amide bonds. The number of hydrogen-bond donors (Lipinski definition) is 2. The summed E-state index contributed by atoms with van der Waals surface area (Å²) in [5.41, 5.74) is 0.377. The Kier molecular flexibility index (Phi) is 4.15. The first-order chi connectivity index (χ1) is 12.0. The van der Waals surface area contributed by atoms with Gasteiger partial charge in [0.2, 0.25) is 0 Å². The van der Waals surface area contributed by atoms with Crippen LogP contribution in [0.4, 0.5) is 0 Å².